The van der Waals surface area contributed by atoms with Crippen molar-refractivity contribution in [2.45, 2.75) is 13.5 Å². The molecule has 1 rings (SSSR count). The van der Waals surface area contributed by atoms with Crippen LogP contribution in [-0.4, -0.2) is 17.7 Å². The first kappa shape index (κ1) is 11.2. The van der Waals surface area contributed by atoms with Gasteiger partial charge in [-0.3, -0.25) is 5.09 Å². The number of benzene rings is 1. The second-order valence-electron chi connectivity index (χ2n) is 3.05. The molecule has 0 aliphatic rings. The lowest BCUT2D eigenvalue weighted by atomic mass is 10.1. The van der Waals surface area contributed by atoms with Gasteiger partial charge in [-0.15, -0.1) is 0 Å². The van der Waals surface area contributed by atoms with E-state index in [9.17, 15) is 4.79 Å². The number of rotatable bonds is 4. The van der Waals surface area contributed by atoms with Crippen molar-refractivity contribution in [2.24, 2.45) is 0 Å². The summed E-state index contributed by atoms with van der Waals surface area (Å²) in [5, 5.41) is 12.0. The summed E-state index contributed by atoms with van der Waals surface area (Å²) >= 11 is 0. The molecule has 1 aromatic carbocycles. The van der Waals surface area contributed by atoms with Crippen molar-refractivity contribution in [1.29, 1.82) is 0 Å². The molecule has 0 saturated carbocycles. The van der Waals surface area contributed by atoms with E-state index >= 15 is 0 Å². The second kappa shape index (κ2) is 5.08. The third-order valence-corrected chi connectivity index (χ3v) is 2.58. The van der Waals surface area contributed by atoms with Crippen molar-refractivity contribution >= 4 is 14.7 Å². The molecule has 4 heteroatoms. The van der Waals surface area contributed by atoms with Gasteiger partial charge in [0, 0.05) is 6.54 Å². The van der Waals surface area contributed by atoms with Crippen molar-refractivity contribution in [3.05, 3.63) is 34.9 Å². The molecule has 0 fully saturated rings. The van der Waals surface area contributed by atoms with Crippen LogP contribution in [-0.2, 0) is 6.54 Å². The lowest BCUT2D eigenvalue weighted by Crippen LogP contribution is -2.05. The minimum atomic E-state index is -0.870. The van der Waals surface area contributed by atoms with Gasteiger partial charge in [0.1, 0.15) is 0 Å². The Kier molecular flexibility index (Phi) is 4.05. The summed E-state index contributed by atoms with van der Waals surface area (Å²) in [6.07, 6.45) is 0. The molecule has 0 bridgehead atoms. The molecule has 0 radical (unpaired) electrons. The van der Waals surface area contributed by atoms with Crippen LogP contribution < -0.4 is 5.09 Å². The van der Waals surface area contributed by atoms with Gasteiger partial charge in [0.2, 0.25) is 0 Å². The van der Waals surface area contributed by atoms with Gasteiger partial charge < -0.3 is 5.11 Å². The Morgan fingerprint density at radius 2 is 2.29 bits per heavy atom. The van der Waals surface area contributed by atoms with Crippen LogP contribution in [0.3, 0.4) is 0 Å². The van der Waals surface area contributed by atoms with Gasteiger partial charge in [-0.1, -0.05) is 14.8 Å². The predicted octanol–water partition coefficient (Wildman–Crippen LogP) is 2.01. The minimum absolute atomic E-state index is 0.354. The Morgan fingerprint density at radius 3 is 2.86 bits per heavy atom. The van der Waals surface area contributed by atoms with Crippen LogP contribution in [0.15, 0.2) is 18.2 Å². The molecule has 0 heterocycles. The van der Waals surface area contributed by atoms with Gasteiger partial charge in [0.05, 0.1) is 5.56 Å². The van der Waals surface area contributed by atoms with Gasteiger partial charge in [0.25, 0.3) is 0 Å². The van der Waals surface area contributed by atoms with Crippen molar-refractivity contribution in [2.75, 3.05) is 6.66 Å². The Hall–Kier alpha value is -0.920. The van der Waals surface area contributed by atoms with Gasteiger partial charge in [-0.2, -0.15) is 0 Å². The first-order valence-electron chi connectivity index (χ1n) is 4.37. The summed E-state index contributed by atoms with van der Waals surface area (Å²) in [5.74, 6) is -0.870. The summed E-state index contributed by atoms with van der Waals surface area (Å²) in [5.41, 5.74) is 2.53. The van der Waals surface area contributed by atoms with Gasteiger partial charge in [-0.25, -0.2) is 4.79 Å². The molecule has 76 valence electrons. The number of aryl methyl sites for hydroxylation is 1. The molecule has 0 saturated heterocycles. The average molecular weight is 211 g/mol. The van der Waals surface area contributed by atoms with E-state index in [4.69, 9.17) is 5.11 Å². The van der Waals surface area contributed by atoms with Gasteiger partial charge in [0.15, 0.2) is 0 Å². The largest absolute Gasteiger partial charge is 0.478 e. The van der Waals surface area contributed by atoms with E-state index in [1.807, 2.05) is 13.0 Å². The van der Waals surface area contributed by atoms with Crippen LogP contribution >= 0.6 is 8.73 Å². The molecule has 3 nitrogen and oxygen atoms in total. The quantitative estimate of drug-likeness (QED) is 0.749. The van der Waals surface area contributed by atoms with E-state index in [-0.39, 0.29) is 0 Å². The highest BCUT2D eigenvalue weighted by Crippen LogP contribution is 2.12. The third-order valence-electron chi connectivity index (χ3n) is 2.05. The van der Waals surface area contributed by atoms with Crippen molar-refractivity contribution in [3.8, 4) is 0 Å². The van der Waals surface area contributed by atoms with E-state index in [2.05, 4.69) is 11.8 Å². The Morgan fingerprint density at radius 1 is 1.57 bits per heavy atom. The summed E-state index contributed by atoms with van der Waals surface area (Å²) in [6, 6.07) is 5.21. The molecule has 0 amide bonds. The fourth-order valence-corrected chi connectivity index (χ4v) is 1.55. The molecular formula is C10H14NO2P. The highest BCUT2D eigenvalue weighted by Gasteiger charge is 2.05. The maximum Gasteiger partial charge on any atom is 0.335 e. The van der Waals surface area contributed by atoms with Crippen LogP contribution in [0.4, 0.5) is 0 Å². The number of carboxylic acids is 1. The number of hydrogen-bond acceptors (Lipinski definition) is 2. The van der Waals surface area contributed by atoms with Crippen LogP contribution in [0, 0.1) is 6.92 Å². The molecule has 0 aliphatic heterocycles. The molecule has 0 aromatic heterocycles. The number of aromatic carboxylic acids is 1. The molecule has 14 heavy (non-hydrogen) atoms. The number of carboxylic acid groups (broad SMARTS) is 1. The van der Waals surface area contributed by atoms with Gasteiger partial charge >= 0.3 is 5.97 Å². The monoisotopic (exact) mass is 211 g/mol. The summed E-state index contributed by atoms with van der Waals surface area (Å²) in [7, 11) is 0.674. The molecule has 1 atom stereocenters. The molecule has 2 N–H and O–H groups in total. The highest BCUT2D eigenvalue weighted by atomic mass is 31.1. The SMILES string of the molecule is CPNCc1cc(C(=O)O)ccc1C. The first-order valence-corrected chi connectivity index (χ1v) is 5.87. The fourth-order valence-electron chi connectivity index (χ4n) is 1.18. The standard InChI is InChI=1S/C10H14NO2P/c1-7-3-4-8(10(12)13)5-9(7)6-11-14-2/h3-5,11,14H,6H2,1-2H3,(H,12,13). The van der Waals surface area contributed by atoms with Crippen molar-refractivity contribution in [1.82, 2.24) is 5.09 Å². The van der Waals surface area contributed by atoms with E-state index in [1.165, 1.54) is 0 Å². The summed E-state index contributed by atoms with van der Waals surface area (Å²) in [4.78, 5) is 10.7. The van der Waals surface area contributed by atoms with E-state index in [1.54, 1.807) is 12.1 Å². The normalized spacial score (nSPS) is 11.0. The predicted molar refractivity (Wildman–Crippen MR) is 59.2 cm³/mol. The van der Waals surface area contributed by atoms with E-state index in [0.717, 1.165) is 17.7 Å². The second-order valence-corrected chi connectivity index (χ2v) is 3.90. The van der Waals surface area contributed by atoms with Crippen LogP contribution in [0.25, 0.3) is 0 Å². The Bertz CT molecular complexity index is 339. The Balaban J connectivity index is 2.90. The van der Waals surface area contributed by atoms with Crippen molar-refractivity contribution in [3.63, 3.8) is 0 Å². The maximum atomic E-state index is 10.7. The lowest BCUT2D eigenvalue weighted by Gasteiger charge is -2.07. The minimum Gasteiger partial charge on any atom is -0.478 e. The van der Waals surface area contributed by atoms with Crippen LogP contribution in [0.1, 0.15) is 21.5 Å². The number of hydrogen-bond donors (Lipinski definition) is 2. The molecule has 1 unspecified atom stereocenters. The fraction of sp³-hybridized carbons (Fsp3) is 0.300. The van der Waals surface area contributed by atoms with Crippen LogP contribution in [0.2, 0.25) is 0 Å². The average Bonchev–Trinajstić information content (AvgIpc) is 2.16. The summed E-state index contributed by atoms with van der Waals surface area (Å²) in [6.45, 7) is 4.78. The van der Waals surface area contributed by atoms with Crippen LogP contribution in [0.5, 0.6) is 0 Å². The molecular weight excluding hydrogens is 197 g/mol. The number of carbonyl (C=O) groups is 1. The zero-order valence-corrected chi connectivity index (χ0v) is 9.29. The molecule has 1 aromatic rings. The van der Waals surface area contributed by atoms with E-state index < -0.39 is 5.97 Å². The maximum absolute atomic E-state index is 10.7. The molecule has 0 aliphatic carbocycles. The zero-order valence-electron chi connectivity index (χ0n) is 8.29. The highest BCUT2D eigenvalue weighted by molar-refractivity contribution is 7.34. The lowest BCUT2D eigenvalue weighted by molar-refractivity contribution is 0.0697. The first-order chi connectivity index (χ1) is 6.65. The molecule has 0 spiro atoms. The summed E-state index contributed by atoms with van der Waals surface area (Å²) < 4.78 is 0. The third kappa shape index (κ3) is 2.79. The van der Waals surface area contributed by atoms with Gasteiger partial charge in [-0.05, 0) is 36.8 Å². The number of nitrogens with one attached hydrogen (secondary N) is 1. The smallest absolute Gasteiger partial charge is 0.335 e. The Labute approximate surface area is 85.4 Å². The van der Waals surface area contributed by atoms with Crippen molar-refractivity contribution < 1.29 is 9.90 Å². The zero-order chi connectivity index (χ0) is 10.6. The topological polar surface area (TPSA) is 49.3 Å². The van der Waals surface area contributed by atoms with E-state index in [0.29, 0.717) is 14.3 Å².